The van der Waals surface area contributed by atoms with Crippen molar-refractivity contribution in [2.24, 2.45) is 0 Å². The Morgan fingerprint density at radius 1 is 1.12 bits per heavy atom. The molecule has 1 atom stereocenters. The highest BCUT2D eigenvalue weighted by Gasteiger charge is 2.05. The van der Waals surface area contributed by atoms with Gasteiger partial charge in [0.25, 0.3) is 0 Å². The standard InChI is InChI=1S/C13H12N2O/c1-2-12(16)11-8-14-13(15-9-11)10-6-4-3-5-7-10/h2-9,12,16H,1H2. The Bertz CT molecular complexity index is 465. The Balaban J connectivity index is 2.30. The first kappa shape index (κ1) is 10.5. The lowest BCUT2D eigenvalue weighted by Gasteiger charge is -2.05. The lowest BCUT2D eigenvalue weighted by Crippen LogP contribution is -1.96. The number of hydrogen-bond acceptors (Lipinski definition) is 3. The van der Waals surface area contributed by atoms with Crippen molar-refractivity contribution in [3.63, 3.8) is 0 Å². The second-order valence-electron chi connectivity index (χ2n) is 3.39. The molecule has 1 heterocycles. The third kappa shape index (κ3) is 2.15. The van der Waals surface area contributed by atoms with E-state index < -0.39 is 6.10 Å². The van der Waals surface area contributed by atoms with Crippen molar-refractivity contribution >= 4 is 0 Å². The Labute approximate surface area is 94.1 Å². The quantitative estimate of drug-likeness (QED) is 0.794. The van der Waals surface area contributed by atoms with Crippen molar-refractivity contribution in [3.8, 4) is 11.4 Å². The van der Waals surface area contributed by atoms with E-state index in [-0.39, 0.29) is 0 Å². The fourth-order valence-electron chi connectivity index (χ4n) is 1.36. The molecule has 80 valence electrons. The maximum atomic E-state index is 9.49. The summed E-state index contributed by atoms with van der Waals surface area (Å²) in [4.78, 5) is 8.40. The summed E-state index contributed by atoms with van der Waals surface area (Å²) in [5.74, 6) is 0.653. The van der Waals surface area contributed by atoms with Gasteiger partial charge in [-0.3, -0.25) is 0 Å². The monoisotopic (exact) mass is 212 g/mol. The molecule has 0 spiro atoms. The molecule has 2 rings (SSSR count). The maximum Gasteiger partial charge on any atom is 0.159 e. The molecule has 1 N–H and O–H groups in total. The van der Waals surface area contributed by atoms with Gasteiger partial charge in [-0.1, -0.05) is 36.4 Å². The lowest BCUT2D eigenvalue weighted by atomic mass is 10.2. The first-order chi connectivity index (χ1) is 7.81. The summed E-state index contributed by atoms with van der Waals surface area (Å²) in [5.41, 5.74) is 1.61. The van der Waals surface area contributed by atoms with Crippen molar-refractivity contribution in [1.29, 1.82) is 0 Å². The van der Waals surface area contributed by atoms with Crippen LogP contribution in [0.15, 0.2) is 55.4 Å². The van der Waals surface area contributed by atoms with E-state index in [1.165, 1.54) is 6.08 Å². The molecule has 3 heteroatoms. The summed E-state index contributed by atoms with van der Waals surface area (Å²) < 4.78 is 0. The predicted molar refractivity (Wildman–Crippen MR) is 62.6 cm³/mol. The molecule has 16 heavy (non-hydrogen) atoms. The van der Waals surface area contributed by atoms with Crippen LogP contribution in [0.5, 0.6) is 0 Å². The van der Waals surface area contributed by atoms with E-state index in [0.717, 1.165) is 5.56 Å². The molecule has 1 unspecified atom stereocenters. The van der Waals surface area contributed by atoms with E-state index in [1.807, 2.05) is 30.3 Å². The third-order valence-corrected chi connectivity index (χ3v) is 2.27. The topological polar surface area (TPSA) is 46.0 Å². The molecule has 0 aliphatic carbocycles. The minimum absolute atomic E-state index is 0.648. The molecule has 0 aliphatic rings. The average molecular weight is 212 g/mol. The zero-order chi connectivity index (χ0) is 11.4. The minimum Gasteiger partial charge on any atom is -0.384 e. The first-order valence-electron chi connectivity index (χ1n) is 4.99. The highest BCUT2D eigenvalue weighted by atomic mass is 16.3. The van der Waals surface area contributed by atoms with Gasteiger partial charge in [-0.05, 0) is 0 Å². The first-order valence-corrected chi connectivity index (χ1v) is 4.99. The SMILES string of the molecule is C=CC(O)c1cnc(-c2ccccc2)nc1. The molecule has 0 saturated heterocycles. The van der Waals surface area contributed by atoms with E-state index in [2.05, 4.69) is 16.5 Å². The molecular formula is C13H12N2O. The van der Waals surface area contributed by atoms with Crippen LogP contribution in [0.4, 0.5) is 0 Å². The van der Waals surface area contributed by atoms with Crippen molar-refractivity contribution in [2.75, 3.05) is 0 Å². The summed E-state index contributed by atoms with van der Waals surface area (Å²) in [7, 11) is 0. The molecule has 0 bridgehead atoms. The van der Waals surface area contributed by atoms with E-state index in [9.17, 15) is 5.11 Å². The zero-order valence-corrected chi connectivity index (χ0v) is 8.74. The summed E-state index contributed by atoms with van der Waals surface area (Å²) in [6.07, 6.45) is 3.97. The Morgan fingerprint density at radius 2 is 1.75 bits per heavy atom. The second-order valence-corrected chi connectivity index (χ2v) is 3.39. The van der Waals surface area contributed by atoms with E-state index in [1.54, 1.807) is 12.4 Å². The van der Waals surface area contributed by atoms with Gasteiger partial charge in [0.1, 0.15) is 0 Å². The number of aliphatic hydroxyl groups is 1. The van der Waals surface area contributed by atoms with Gasteiger partial charge in [0.15, 0.2) is 5.82 Å². The molecule has 3 nitrogen and oxygen atoms in total. The molecule has 1 aromatic heterocycles. The van der Waals surface area contributed by atoms with Gasteiger partial charge in [0.2, 0.25) is 0 Å². The van der Waals surface area contributed by atoms with Crippen LogP contribution in [0.1, 0.15) is 11.7 Å². The van der Waals surface area contributed by atoms with Crippen LogP contribution in [-0.4, -0.2) is 15.1 Å². The summed E-state index contributed by atoms with van der Waals surface area (Å²) in [6.45, 7) is 3.51. The average Bonchev–Trinajstić information content (AvgIpc) is 2.39. The van der Waals surface area contributed by atoms with Crippen molar-refractivity contribution < 1.29 is 5.11 Å². The summed E-state index contributed by atoms with van der Waals surface area (Å²) in [5, 5.41) is 9.49. The van der Waals surface area contributed by atoms with E-state index in [0.29, 0.717) is 11.4 Å². The number of aromatic nitrogens is 2. The number of aliphatic hydroxyl groups excluding tert-OH is 1. The molecule has 1 aromatic carbocycles. The molecule has 2 aromatic rings. The Kier molecular flexibility index (Phi) is 3.08. The maximum absolute atomic E-state index is 9.49. The van der Waals surface area contributed by atoms with Gasteiger partial charge in [-0.2, -0.15) is 0 Å². The normalized spacial score (nSPS) is 12.1. The Hall–Kier alpha value is -2.00. The van der Waals surface area contributed by atoms with Crippen LogP contribution in [-0.2, 0) is 0 Å². The van der Waals surface area contributed by atoms with Crippen molar-refractivity contribution in [2.45, 2.75) is 6.10 Å². The van der Waals surface area contributed by atoms with Crippen LogP contribution in [0.2, 0.25) is 0 Å². The van der Waals surface area contributed by atoms with Gasteiger partial charge in [0, 0.05) is 23.5 Å². The van der Waals surface area contributed by atoms with Crippen molar-refractivity contribution in [3.05, 3.63) is 60.9 Å². The Morgan fingerprint density at radius 3 is 2.31 bits per heavy atom. The molecule has 0 saturated carbocycles. The highest BCUT2D eigenvalue weighted by Crippen LogP contribution is 2.16. The van der Waals surface area contributed by atoms with Crippen LogP contribution in [0.3, 0.4) is 0 Å². The lowest BCUT2D eigenvalue weighted by molar-refractivity contribution is 0.228. The third-order valence-electron chi connectivity index (χ3n) is 2.27. The molecular weight excluding hydrogens is 200 g/mol. The van der Waals surface area contributed by atoms with Gasteiger partial charge >= 0.3 is 0 Å². The number of hydrogen-bond donors (Lipinski definition) is 1. The van der Waals surface area contributed by atoms with E-state index >= 15 is 0 Å². The van der Waals surface area contributed by atoms with Crippen LogP contribution in [0.25, 0.3) is 11.4 Å². The minimum atomic E-state index is -0.704. The fraction of sp³-hybridized carbons (Fsp3) is 0.0769. The van der Waals surface area contributed by atoms with Gasteiger partial charge in [0.05, 0.1) is 6.10 Å². The van der Waals surface area contributed by atoms with Crippen LogP contribution < -0.4 is 0 Å². The highest BCUT2D eigenvalue weighted by molar-refractivity contribution is 5.54. The number of benzene rings is 1. The predicted octanol–water partition coefficient (Wildman–Crippen LogP) is 2.36. The molecule has 0 radical (unpaired) electrons. The van der Waals surface area contributed by atoms with Crippen LogP contribution in [0, 0.1) is 0 Å². The van der Waals surface area contributed by atoms with Gasteiger partial charge in [-0.15, -0.1) is 6.58 Å². The summed E-state index contributed by atoms with van der Waals surface area (Å²) >= 11 is 0. The zero-order valence-electron chi connectivity index (χ0n) is 8.74. The smallest absolute Gasteiger partial charge is 0.159 e. The fourth-order valence-corrected chi connectivity index (χ4v) is 1.36. The van der Waals surface area contributed by atoms with Crippen molar-refractivity contribution in [1.82, 2.24) is 9.97 Å². The molecule has 0 amide bonds. The van der Waals surface area contributed by atoms with Gasteiger partial charge < -0.3 is 5.11 Å². The molecule has 0 fully saturated rings. The van der Waals surface area contributed by atoms with Gasteiger partial charge in [-0.25, -0.2) is 9.97 Å². The largest absolute Gasteiger partial charge is 0.384 e. The van der Waals surface area contributed by atoms with E-state index in [4.69, 9.17) is 0 Å². The number of nitrogens with zero attached hydrogens (tertiary/aromatic N) is 2. The second kappa shape index (κ2) is 4.68. The number of rotatable bonds is 3. The van der Waals surface area contributed by atoms with Crippen LogP contribution >= 0.6 is 0 Å². The summed E-state index contributed by atoms with van der Waals surface area (Å²) in [6, 6.07) is 9.70. The molecule has 0 aliphatic heterocycles.